The Labute approximate surface area is 208 Å². The van der Waals surface area contributed by atoms with E-state index in [9.17, 15) is 9.59 Å². The van der Waals surface area contributed by atoms with Crippen molar-refractivity contribution in [2.24, 2.45) is 0 Å². The number of nitrogens with zero attached hydrogens (tertiary/aromatic N) is 3. The Hall–Kier alpha value is -3.10. The van der Waals surface area contributed by atoms with Crippen LogP contribution in [0, 0.1) is 6.92 Å². The van der Waals surface area contributed by atoms with Crippen molar-refractivity contribution >= 4 is 23.2 Å². The number of hydrogen-bond donors (Lipinski definition) is 2. The number of likely N-dealkylation sites (N-methyl/N-ethyl adjacent to an activating group) is 1. The van der Waals surface area contributed by atoms with Crippen molar-refractivity contribution in [2.75, 3.05) is 70.7 Å². The molecule has 2 heterocycles. The van der Waals surface area contributed by atoms with Gasteiger partial charge in [0.1, 0.15) is 5.75 Å². The molecule has 0 spiro atoms. The highest BCUT2D eigenvalue weighted by molar-refractivity contribution is 6.39. The molecule has 2 aromatic carbocycles. The molecule has 0 aliphatic carbocycles. The minimum atomic E-state index is -0.696. The molecule has 2 amide bonds. The van der Waals surface area contributed by atoms with Gasteiger partial charge >= 0.3 is 11.8 Å². The van der Waals surface area contributed by atoms with Gasteiger partial charge in [-0.2, -0.15) is 0 Å². The highest BCUT2D eigenvalue weighted by Crippen LogP contribution is 2.31. The fourth-order valence-electron chi connectivity index (χ4n) is 4.97. The van der Waals surface area contributed by atoms with E-state index in [0.29, 0.717) is 18.0 Å². The summed E-state index contributed by atoms with van der Waals surface area (Å²) < 4.78 is 5.32. The molecule has 8 nitrogen and oxygen atoms in total. The van der Waals surface area contributed by atoms with Crippen molar-refractivity contribution in [1.82, 2.24) is 15.1 Å². The number of rotatable bonds is 6. The predicted octanol–water partition coefficient (Wildman–Crippen LogP) is 2.43. The zero-order chi connectivity index (χ0) is 24.9. The Morgan fingerprint density at radius 2 is 1.77 bits per heavy atom. The van der Waals surface area contributed by atoms with Crippen LogP contribution in [0.25, 0.3) is 0 Å². The SMILES string of the molecule is COc1ccc(C)cc1NC(=O)C(=O)NC[C@@H](c1ccc2c(c1)CCCN2C)N1CCN(C)CC1. The molecule has 0 bridgehead atoms. The molecule has 1 saturated heterocycles. The van der Waals surface area contributed by atoms with Crippen LogP contribution in [0.5, 0.6) is 5.75 Å². The third-order valence-corrected chi connectivity index (χ3v) is 7.08. The highest BCUT2D eigenvalue weighted by atomic mass is 16.5. The number of amides is 2. The summed E-state index contributed by atoms with van der Waals surface area (Å²) in [6.45, 7) is 7.16. The van der Waals surface area contributed by atoms with Crippen molar-refractivity contribution in [1.29, 1.82) is 0 Å². The van der Waals surface area contributed by atoms with E-state index in [0.717, 1.165) is 51.1 Å². The van der Waals surface area contributed by atoms with E-state index >= 15 is 0 Å². The number of methoxy groups -OCH3 is 1. The number of fused-ring (bicyclic) bond motifs is 1. The maximum Gasteiger partial charge on any atom is 0.313 e. The van der Waals surface area contributed by atoms with Crippen LogP contribution in [-0.4, -0.2) is 82.1 Å². The van der Waals surface area contributed by atoms with Crippen molar-refractivity contribution in [3.05, 3.63) is 53.1 Å². The van der Waals surface area contributed by atoms with Crippen LogP contribution in [0.2, 0.25) is 0 Å². The highest BCUT2D eigenvalue weighted by Gasteiger charge is 2.27. The van der Waals surface area contributed by atoms with Gasteiger partial charge in [-0.3, -0.25) is 14.5 Å². The van der Waals surface area contributed by atoms with Gasteiger partial charge in [0, 0.05) is 52.0 Å². The smallest absolute Gasteiger partial charge is 0.313 e. The summed E-state index contributed by atoms with van der Waals surface area (Å²) in [6.07, 6.45) is 2.21. The molecule has 0 aromatic heterocycles. The van der Waals surface area contributed by atoms with Gasteiger partial charge < -0.3 is 25.2 Å². The molecule has 35 heavy (non-hydrogen) atoms. The third-order valence-electron chi connectivity index (χ3n) is 7.08. The van der Waals surface area contributed by atoms with Gasteiger partial charge in [0.25, 0.3) is 0 Å². The van der Waals surface area contributed by atoms with Crippen LogP contribution in [0.1, 0.15) is 29.2 Å². The third kappa shape index (κ3) is 5.94. The molecule has 4 rings (SSSR count). The van der Waals surface area contributed by atoms with Gasteiger partial charge in [-0.25, -0.2) is 0 Å². The van der Waals surface area contributed by atoms with E-state index in [2.05, 4.69) is 57.6 Å². The first kappa shape index (κ1) is 25.0. The minimum absolute atomic E-state index is 0.00601. The number of nitrogens with one attached hydrogen (secondary N) is 2. The molecule has 1 atom stereocenters. The van der Waals surface area contributed by atoms with Gasteiger partial charge in [0.2, 0.25) is 0 Å². The Balaban J connectivity index is 1.48. The van der Waals surface area contributed by atoms with Crippen molar-refractivity contribution in [2.45, 2.75) is 25.8 Å². The summed E-state index contributed by atoms with van der Waals surface area (Å²) in [6, 6.07) is 12.1. The van der Waals surface area contributed by atoms with Crippen LogP contribution in [0.3, 0.4) is 0 Å². The second-order valence-electron chi connectivity index (χ2n) is 9.64. The molecule has 1 fully saturated rings. The molecular formula is C27H37N5O3. The van der Waals surface area contributed by atoms with Crippen LogP contribution >= 0.6 is 0 Å². The molecule has 188 valence electrons. The van der Waals surface area contributed by atoms with Gasteiger partial charge in [-0.05, 0) is 61.7 Å². The monoisotopic (exact) mass is 479 g/mol. The van der Waals surface area contributed by atoms with Crippen molar-refractivity contribution in [3.8, 4) is 5.75 Å². The van der Waals surface area contributed by atoms with E-state index in [-0.39, 0.29) is 6.04 Å². The van der Waals surface area contributed by atoms with Gasteiger partial charge in [-0.1, -0.05) is 18.2 Å². The molecule has 2 aliphatic rings. The summed E-state index contributed by atoms with van der Waals surface area (Å²) in [5, 5.41) is 5.59. The number of carbonyl (C=O) groups is 2. The first-order valence-corrected chi connectivity index (χ1v) is 12.4. The van der Waals surface area contributed by atoms with Gasteiger partial charge in [0.15, 0.2) is 0 Å². The van der Waals surface area contributed by atoms with Gasteiger partial charge in [0.05, 0.1) is 18.8 Å². The van der Waals surface area contributed by atoms with Crippen LogP contribution < -0.4 is 20.3 Å². The van der Waals surface area contributed by atoms with E-state index in [1.807, 2.05) is 13.0 Å². The lowest BCUT2D eigenvalue weighted by Gasteiger charge is -2.39. The molecule has 2 aromatic rings. The Morgan fingerprint density at radius 3 is 2.51 bits per heavy atom. The topological polar surface area (TPSA) is 77.1 Å². The molecule has 8 heteroatoms. The van der Waals surface area contributed by atoms with E-state index in [4.69, 9.17) is 4.74 Å². The van der Waals surface area contributed by atoms with Crippen LogP contribution in [0.15, 0.2) is 36.4 Å². The maximum atomic E-state index is 12.8. The summed E-state index contributed by atoms with van der Waals surface area (Å²) in [4.78, 5) is 32.5. The number of anilines is 2. The lowest BCUT2D eigenvalue weighted by atomic mass is 9.95. The van der Waals surface area contributed by atoms with Crippen LogP contribution in [-0.2, 0) is 16.0 Å². The Bertz CT molecular complexity index is 1060. The van der Waals surface area contributed by atoms with Crippen molar-refractivity contribution < 1.29 is 14.3 Å². The summed E-state index contributed by atoms with van der Waals surface area (Å²) in [5.41, 5.74) is 5.28. The zero-order valence-corrected chi connectivity index (χ0v) is 21.3. The minimum Gasteiger partial charge on any atom is -0.495 e. The lowest BCUT2D eigenvalue weighted by Crippen LogP contribution is -2.49. The second-order valence-corrected chi connectivity index (χ2v) is 9.64. The summed E-state index contributed by atoms with van der Waals surface area (Å²) in [7, 11) is 5.81. The summed E-state index contributed by atoms with van der Waals surface area (Å²) in [5.74, 6) is -0.824. The zero-order valence-electron chi connectivity index (χ0n) is 21.3. The Kier molecular flexibility index (Phi) is 7.93. The molecule has 0 saturated carbocycles. The average molecular weight is 480 g/mol. The quantitative estimate of drug-likeness (QED) is 0.620. The number of aryl methyl sites for hydroxylation is 2. The van der Waals surface area contributed by atoms with Crippen LogP contribution in [0.4, 0.5) is 11.4 Å². The normalized spacial score (nSPS) is 17.4. The molecule has 2 aliphatic heterocycles. The number of hydrogen-bond acceptors (Lipinski definition) is 6. The van der Waals surface area contributed by atoms with E-state index in [1.54, 1.807) is 12.1 Å². The molecule has 0 unspecified atom stereocenters. The average Bonchev–Trinajstić information content (AvgIpc) is 2.85. The number of benzene rings is 2. The first-order valence-electron chi connectivity index (χ1n) is 12.4. The molecule has 0 radical (unpaired) electrons. The predicted molar refractivity (Wildman–Crippen MR) is 139 cm³/mol. The standard InChI is InChI=1S/C27H37N5O3/c1-19-7-10-25(35-4)22(16-19)29-27(34)26(33)28-18-24(32-14-12-30(2)13-15-32)21-8-9-23-20(17-21)6-5-11-31(23)3/h7-10,16-17,24H,5-6,11-15,18H2,1-4H3,(H,28,33)(H,29,34)/t24-/m0/s1. The number of piperazine rings is 1. The first-order chi connectivity index (χ1) is 16.9. The fraction of sp³-hybridized carbons (Fsp3) is 0.481. The fourth-order valence-corrected chi connectivity index (χ4v) is 4.97. The van der Waals surface area contributed by atoms with Gasteiger partial charge in [-0.15, -0.1) is 0 Å². The number of ether oxygens (including phenoxy) is 1. The maximum absolute atomic E-state index is 12.8. The van der Waals surface area contributed by atoms with Crippen molar-refractivity contribution in [3.63, 3.8) is 0 Å². The molecule has 2 N–H and O–H groups in total. The lowest BCUT2D eigenvalue weighted by molar-refractivity contribution is -0.136. The van der Waals surface area contributed by atoms with E-state index in [1.165, 1.54) is 23.9 Å². The van der Waals surface area contributed by atoms with E-state index < -0.39 is 11.8 Å². The number of carbonyl (C=O) groups excluding carboxylic acids is 2. The largest absolute Gasteiger partial charge is 0.495 e. The Morgan fingerprint density at radius 1 is 1.00 bits per heavy atom. The summed E-state index contributed by atoms with van der Waals surface area (Å²) >= 11 is 0. The second kappa shape index (κ2) is 11.1. The molecular weight excluding hydrogens is 442 g/mol.